The maximum Gasteiger partial charge on any atom is 0.337 e. The van der Waals surface area contributed by atoms with E-state index in [-0.39, 0.29) is 0 Å². The van der Waals surface area contributed by atoms with Gasteiger partial charge in [-0.05, 0) is 76.1 Å². The van der Waals surface area contributed by atoms with Crippen LogP contribution in [0.15, 0.2) is 42.5 Å². The Hall–Kier alpha value is -3.45. The van der Waals surface area contributed by atoms with Gasteiger partial charge in [0.25, 0.3) is 0 Å². The molecule has 7 nitrogen and oxygen atoms in total. The van der Waals surface area contributed by atoms with Crippen molar-refractivity contribution in [1.82, 2.24) is 9.88 Å². The van der Waals surface area contributed by atoms with Crippen LogP contribution in [0, 0.1) is 13.8 Å². The van der Waals surface area contributed by atoms with E-state index in [1.165, 1.54) is 0 Å². The highest BCUT2D eigenvalue weighted by Gasteiger charge is 2.22. The summed E-state index contributed by atoms with van der Waals surface area (Å²) in [7, 11) is 1.64. The third-order valence-corrected chi connectivity index (χ3v) is 6.10. The molecule has 1 heterocycles. The number of carboxylic acids is 1. The molecule has 0 aliphatic rings. The van der Waals surface area contributed by atoms with Crippen molar-refractivity contribution in [1.29, 1.82) is 0 Å². The zero-order valence-electron chi connectivity index (χ0n) is 21.3. The Labute approximate surface area is 207 Å². The average Bonchev–Trinajstić information content (AvgIpc) is 3.08. The fraction of sp³-hybridized carbons (Fsp3) is 0.393. The third kappa shape index (κ3) is 6.36. The third-order valence-electron chi connectivity index (χ3n) is 6.10. The molecule has 0 radical (unpaired) electrons. The largest absolute Gasteiger partial charge is 0.497 e. The second-order valence-electron chi connectivity index (χ2n) is 8.34. The predicted molar refractivity (Wildman–Crippen MR) is 137 cm³/mol. The maximum atomic E-state index is 12.1. The minimum Gasteiger partial charge on any atom is -0.497 e. The van der Waals surface area contributed by atoms with E-state index < -0.39 is 5.97 Å². The quantitative estimate of drug-likeness (QED) is 0.336. The van der Waals surface area contributed by atoms with Crippen LogP contribution >= 0.6 is 0 Å². The molecule has 0 spiro atoms. The van der Waals surface area contributed by atoms with Gasteiger partial charge in [0.1, 0.15) is 5.75 Å². The SMILES string of the molecule is CCOc1ccc(CCNCc2c(C(=O)O)c(C)n(Cc3cccc(OC)c3)c2C)cc1OCC. The maximum absolute atomic E-state index is 12.1. The average molecular weight is 481 g/mol. The molecule has 3 aromatic rings. The van der Waals surface area contributed by atoms with Crippen LogP contribution < -0.4 is 19.5 Å². The fourth-order valence-corrected chi connectivity index (χ4v) is 4.34. The summed E-state index contributed by atoms with van der Waals surface area (Å²) < 4.78 is 18.8. The lowest BCUT2D eigenvalue weighted by Crippen LogP contribution is -2.19. The minimum absolute atomic E-state index is 0.373. The number of aromatic carboxylic acids is 1. The predicted octanol–water partition coefficient (Wildman–Crippen LogP) is 4.99. The van der Waals surface area contributed by atoms with Crippen molar-refractivity contribution in [2.24, 2.45) is 0 Å². The number of carboxylic acid groups (broad SMARTS) is 1. The molecule has 0 bridgehead atoms. The van der Waals surface area contributed by atoms with E-state index in [0.29, 0.717) is 38.4 Å². The molecule has 35 heavy (non-hydrogen) atoms. The first-order chi connectivity index (χ1) is 16.9. The number of aromatic nitrogens is 1. The summed E-state index contributed by atoms with van der Waals surface area (Å²) in [6.07, 6.45) is 0.789. The van der Waals surface area contributed by atoms with E-state index in [2.05, 4.69) is 9.88 Å². The van der Waals surface area contributed by atoms with Gasteiger partial charge in [0.05, 0.1) is 25.9 Å². The Bertz CT molecular complexity index is 1150. The summed E-state index contributed by atoms with van der Waals surface area (Å²) in [5.41, 5.74) is 5.09. The number of carbonyl (C=O) groups is 1. The molecule has 0 fully saturated rings. The van der Waals surface area contributed by atoms with Gasteiger partial charge in [-0.15, -0.1) is 0 Å². The van der Waals surface area contributed by atoms with Crippen molar-refractivity contribution >= 4 is 5.97 Å². The zero-order valence-corrected chi connectivity index (χ0v) is 21.3. The first-order valence-electron chi connectivity index (χ1n) is 12.0. The van der Waals surface area contributed by atoms with E-state index in [1.54, 1.807) is 7.11 Å². The number of nitrogens with zero attached hydrogens (tertiary/aromatic N) is 1. The Morgan fingerprint density at radius 3 is 2.40 bits per heavy atom. The molecule has 0 saturated heterocycles. The number of hydrogen-bond donors (Lipinski definition) is 2. The highest BCUT2D eigenvalue weighted by atomic mass is 16.5. The standard InChI is InChI=1S/C28H36N2O5/c1-6-34-25-12-11-21(16-26(25)35-7-2)13-14-29-17-24-19(3)30(20(4)27(24)28(31)32)18-22-9-8-10-23(15-22)33-5/h8-12,15-16,29H,6-7,13-14,17-18H2,1-5H3,(H,31,32). The molecule has 2 aromatic carbocycles. The van der Waals surface area contributed by atoms with E-state index in [4.69, 9.17) is 14.2 Å². The van der Waals surface area contributed by atoms with Crippen molar-refractivity contribution in [2.75, 3.05) is 26.9 Å². The van der Waals surface area contributed by atoms with Crippen molar-refractivity contribution in [3.05, 3.63) is 76.1 Å². The Balaban J connectivity index is 1.71. The van der Waals surface area contributed by atoms with Gasteiger partial charge in [-0.3, -0.25) is 0 Å². The number of benzene rings is 2. The van der Waals surface area contributed by atoms with Crippen LogP contribution in [-0.4, -0.2) is 42.5 Å². The van der Waals surface area contributed by atoms with Crippen LogP contribution in [-0.2, 0) is 19.5 Å². The van der Waals surface area contributed by atoms with Crippen LogP contribution in [0.25, 0.3) is 0 Å². The van der Waals surface area contributed by atoms with Crippen LogP contribution in [0.4, 0.5) is 0 Å². The number of nitrogens with one attached hydrogen (secondary N) is 1. The van der Waals surface area contributed by atoms with Gasteiger partial charge in [-0.2, -0.15) is 0 Å². The van der Waals surface area contributed by atoms with E-state index in [9.17, 15) is 9.90 Å². The molecule has 0 amide bonds. The first-order valence-corrected chi connectivity index (χ1v) is 12.0. The van der Waals surface area contributed by atoms with Gasteiger partial charge < -0.3 is 29.2 Å². The number of ether oxygens (including phenoxy) is 3. The summed E-state index contributed by atoms with van der Waals surface area (Å²) in [5.74, 6) is 1.38. The molecule has 7 heteroatoms. The van der Waals surface area contributed by atoms with Crippen LogP contribution in [0.5, 0.6) is 17.2 Å². The number of methoxy groups -OCH3 is 1. The lowest BCUT2D eigenvalue weighted by molar-refractivity contribution is 0.0694. The molecule has 0 unspecified atom stereocenters. The van der Waals surface area contributed by atoms with Gasteiger partial charge in [0.15, 0.2) is 11.5 Å². The highest BCUT2D eigenvalue weighted by Crippen LogP contribution is 2.29. The lowest BCUT2D eigenvalue weighted by Gasteiger charge is -2.13. The normalized spacial score (nSPS) is 10.9. The molecule has 0 aliphatic carbocycles. The molecule has 3 rings (SSSR count). The Kier molecular flexibility index (Phi) is 9.20. The summed E-state index contributed by atoms with van der Waals surface area (Å²) in [6.45, 7) is 10.7. The summed E-state index contributed by atoms with van der Waals surface area (Å²) >= 11 is 0. The van der Waals surface area contributed by atoms with Gasteiger partial charge in [-0.25, -0.2) is 4.79 Å². The van der Waals surface area contributed by atoms with Gasteiger partial charge in [0.2, 0.25) is 0 Å². The lowest BCUT2D eigenvalue weighted by atomic mass is 10.1. The van der Waals surface area contributed by atoms with E-state index in [1.807, 2.05) is 70.2 Å². The number of rotatable bonds is 13. The molecular weight excluding hydrogens is 444 g/mol. The van der Waals surface area contributed by atoms with Gasteiger partial charge in [0, 0.05) is 30.0 Å². The smallest absolute Gasteiger partial charge is 0.337 e. The Morgan fingerprint density at radius 2 is 1.71 bits per heavy atom. The van der Waals surface area contributed by atoms with Crippen LogP contribution in [0.3, 0.4) is 0 Å². The monoisotopic (exact) mass is 480 g/mol. The molecule has 188 valence electrons. The Morgan fingerprint density at radius 1 is 0.971 bits per heavy atom. The van der Waals surface area contributed by atoms with E-state index >= 15 is 0 Å². The number of hydrogen-bond acceptors (Lipinski definition) is 5. The molecular formula is C28H36N2O5. The van der Waals surface area contributed by atoms with Crippen LogP contribution in [0.2, 0.25) is 0 Å². The van der Waals surface area contributed by atoms with Crippen LogP contribution in [0.1, 0.15) is 52.3 Å². The van der Waals surface area contributed by atoms with Gasteiger partial charge >= 0.3 is 5.97 Å². The molecule has 0 saturated carbocycles. The van der Waals surface area contributed by atoms with Crippen molar-refractivity contribution in [3.63, 3.8) is 0 Å². The topological polar surface area (TPSA) is 82.0 Å². The molecule has 2 N–H and O–H groups in total. The van der Waals surface area contributed by atoms with Gasteiger partial charge in [-0.1, -0.05) is 18.2 Å². The van der Waals surface area contributed by atoms with Crippen molar-refractivity contribution in [3.8, 4) is 17.2 Å². The fourth-order valence-electron chi connectivity index (χ4n) is 4.34. The minimum atomic E-state index is -0.903. The molecule has 0 atom stereocenters. The first kappa shape index (κ1) is 26.2. The van der Waals surface area contributed by atoms with E-state index in [0.717, 1.165) is 51.7 Å². The van der Waals surface area contributed by atoms with Crippen molar-refractivity contribution < 1.29 is 24.1 Å². The second kappa shape index (κ2) is 12.3. The summed E-state index contributed by atoms with van der Waals surface area (Å²) in [4.78, 5) is 12.1. The molecule has 0 aliphatic heterocycles. The van der Waals surface area contributed by atoms with Crippen molar-refractivity contribution in [2.45, 2.75) is 47.2 Å². The highest BCUT2D eigenvalue weighted by molar-refractivity contribution is 5.91. The summed E-state index contributed by atoms with van der Waals surface area (Å²) in [5, 5.41) is 13.4. The summed E-state index contributed by atoms with van der Waals surface area (Å²) in [6, 6.07) is 13.8. The second-order valence-corrected chi connectivity index (χ2v) is 8.34. The molecule has 1 aromatic heterocycles. The zero-order chi connectivity index (χ0) is 25.4.